The normalized spacial score (nSPS) is 16.9. The molecule has 124 valence electrons. The van der Waals surface area contributed by atoms with Crippen molar-refractivity contribution in [3.05, 3.63) is 35.6 Å². The number of carbonyl (C=O) groups is 1. The fourth-order valence-corrected chi connectivity index (χ4v) is 3.91. The Morgan fingerprint density at radius 1 is 1.22 bits per heavy atom. The lowest BCUT2D eigenvalue weighted by Crippen LogP contribution is -2.50. The molecule has 1 aromatic heterocycles. The number of fused-ring (bicyclic) bond motifs is 1. The highest BCUT2D eigenvalue weighted by Gasteiger charge is 2.29. The Bertz CT molecular complexity index is 833. The van der Waals surface area contributed by atoms with Crippen molar-refractivity contribution in [2.24, 2.45) is 0 Å². The number of para-hydroxylation sites is 1. The highest BCUT2D eigenvalue weighted by atomic mass is 32.2. The van der Waals surface area contributed by atoms with Crippen LogP contribution in [0.2, 0.25) is 0 Å². The van der Waals surface area contributed by atoms with E-state index in [1.54, 1.807) is 17.9 Å². The molecule has 2 heterocycles. The predicted molar refractivity (Wildman–Crippen MR) is 87.9 cm³/mol. The molecule has 6 nitrogen and oxygen atoms in total. The Labute approximate surface area is 135 Å². The minimum Gasteiger partial charge on any atom is -0.451 e. The van der Waals surface area contributed by atoms with Crippen LogP contribution in [0.3, 0.4) is 0 Å². The van der Waals surface area contributed by atoms with E-state index in [0.717, 1.165) is 16.5 Å². The molecule has 1 aromatic carbocycles. The van der Waals surface area contributed by atoms with Gasteiger partial charge in [0.05, 0.1) is 5.75 Å². The average Bonchev–Trinajstić information content (AvgIpc) is 3.00. The van der Waals surface area contributed by atoms with Crippen LogP contribution in [-0.2, 0) is 10.0 Å². The van der Waals surface area contributed by atoms with Gasteiger partial charge in [0, 0.05) is 31.6 Å². The van der Waals surface area contributed by atoms with Crippen LogP contribution in [0.5, 0.6) is 0 Å². The fraction of sp³-hybridized carbons (Fsp3) is 0.438. The van der Waals surface area contributed by atoms with Gasteiger partial charge in [-0.15, -0.1) is 0 Å². The van der Waals surface area contributed by atoms with Crippen LogP contribution in [0.1, 0.15) is 23.0 Å². The molecular formula is C16H20N2O4S. The number of aryl methyl sites for hydroxylation is 1. The summed E-state index contributed by atoms with van der Waals surface area (Å²) in [7, 11) is -3.19. The maximum Gasteiger partial charge on any atom is 0.289 e. The number of benzene rings is 1. The van der Waals surface area contributed by atoms with Crippen molar-refractivity contribution in [3.8, 4) is 0 Å². The number of furan rings is 1. The Kier molecular flexibility index (Phi) is 4.16. The van der Waals surface area contributed by atoms with Crippen molar-refractivity contribution < 1.29 is 17.6 Å². The number of nitrogens with zero attached hydrogens (tertiary/aromatic N) is 2. The Morgan fingerprint density at radius 3 is 2.52 bits per heavy atom. The summed E-state index contributed by atoms with van der Waals surface area (Å²) < 4.78 is 30.9. The van der Waals surface area contributed by atoms with Crippen molar-refractivity contribution in [1.82, 2.24) is 9.21 Å². The molecule has 0 radical (unpaired) electrons. The van der Waals surface area contributed by atoms with Crippen molar-refractivity contribution in [1.29, 1.82) is 0 Å². The topological polar surface area (TPSA) is 70.8 Å². The number of rotatable bonds is 3. The molecule has 23 heavy (non-hydrogen) atoms. The minimum atomic E-state index is -3.19. The van der Waals surface area contributed by atoms with Crippen LogP contribution in [0.15, 0.2) is 28.7 Å². The van der Waals surface area contributed by atoms with Gasteiger partial charge in [0.15, 0.2) is 5.76 Å². The summed E-state index contributed by atoms with van der Waals surface area (Å²) in [6.45, 7) is 5.00. The number of piperazine rings is 1. The SMILES string of the molecule is CCS(=O)(=O)N1CCN(C(=O)c2cc3cccc(C)c3o2)CC1. The molecule has 1 amide bonds. The van der Waals surface area contributed by atoms with Crippen LogP contribution in [-0.4, -0.2) is 55.5 Å². The molecule has 0 N–H and O–H groups in total. The molecule has 1 aliphatic heterocycles. The Hall–Kier alpha value is -1.86. The lowest BCUT2D eigenvalue weighted by atomic mass is 10.2. The van der Waals surface area contributed by atoms with Crippen molar-refractivity contribution >= 4 is 26.9 Å². The van der Waals surface area contributed by atoms with Crippen LogP contribution in [0.25, 0.3) is 11.0 Å². The summed E-state index contributed by atoms with van der Waals surface area (Å²) in [5, 5.41) is 0.903. The second-order valence-corrected chi connectivity index (χ2v) is 7.95. The van der Waals surface area contributed by atoms with E-state index in [4.69, 9.17) is 4.42 Å². The summed E-state index contributed by atoms with van der Waals surface area (Å²) in [4.78, 5) is 14.2. The number of carbonyl (C=O) groups excluding carboxylic acids is 1. The van der Waals surface area contributed by atoms with E-state index < -0.39 is 10.0 Å². The van der Waals surface area contributed by atoms with E-state index in [-0.39, 0.29) is 11.7 Å². The molecule has 1 saturated heterocycles. The number of hydrogen-bond acceptors (Lipinski definition) is 4. The van der Waals surface area contributed by atoms with E-state index in [1.807, 2.05) is 25.1 Å². The third-order valence-electron chi connectivity index (χ3n) is 4.24. The monoisotopic (exact) mass is 336 g/mol. The molecule has 0 atom stereocenters. The van der Waals surface area contributed by atoms with Gasteiger partial charge in [-0.25, -0.2) is 8.42 Å². The zero-order chi connectivity index (χ0) is 16.6. The Morgan fingerprint density at radius 2 is 1.91 bits per heavy atom. The second-order valence-electron chi connectivity index (χ2n) is 5.70. The third-order valence-corrected chi connectivity index (χ3v) is 6.12. The van der Waals surface area contributed by atoms with Gasteiger partial charge in [-0.1, -0.05) is 18.2 Å². The minimum absolute atomic E-state index is 0.0871. The van der Waals surface area contributed by atoms with Crippen LogP contribution in [0, 0.1) is 6.92 Å². The molecule has 2 aromatic rings. The summed E-state index contributed by atoms with van der Waals surface area (Å²) in [5.74, 6) is 0.208. The summed E-state index contributed by atoms with van der Waals surface area (Å²) in [6.07, 6.45) is 0. The van der Waals surface area contributed by atoms with E-state index in [0.29, 0.717) is 31.9 Å². The van der Waals surface area contributed by atoms with Crippen molar-refractivity contribution in [2.45, 2.75) is 13.8 Å². The summed E-state index contributed by atoms with van der Waals surface area (Å²) in [5.41, 5.74) is 1.71. The lowest BCUT2D eigenvalue weighted by Gasteiger charge is -2.33. The molecule has 0 unspecified atom stereocenters. The quantitative estimate of drug-likeness (QED) is 0.857. The number of sulfonamides is 1. The maximum atomic E-state index is 12.6. The van der Waals surface area contributed by atoms with Gasteiger partial charge in [0.25, 0.3) is 5.91 Å². The van der Waals surface area contributed by atoms with Gasteiger partial charge >= 0.3 is 0 Å². The average molecular weight is 336 g/mol. The summed E-state index contributed by atoms with van der Waals surface area (Å²) >= 11 is 0. The molecular weight excluding hydrogens is 316 g/mol. The first-order valence-electron chi connectivity index (χ1n) is 7.68. The molecule has 0 spiro atoms. The van der Waals surface area contributed by atoms with Crippen molar-refractivity contribution in [3.63, 3.8) is 0 Å². The summed E-state index contributed by atoms with van der Waals surface area (Å²) in [6, 6.07) is 7.53. The van der Waals surface area contributed by atoms with E-state index in [2.05, 4.69) is 0 Å². The number of amides is 1. The van der Waals surface area contributed by atoms with Gasteiger partial charge in [0.2, 0.25) is 10.0 Å². The molecule has 0 saturated carbocycles. The number of hydrogen-bond donors (Lipinski definition) is 0. The first kappa shape index (κ1) is 16.0. The van der Waals surface area contributed by atoms with E-state index in [9.17, 15) is 13.2 Å². The highest BCUT2D eigenvalue weighted by Crippen LogP contribution is 2.24. The molecule has 3 rings (SSSR count). The third kappa shape index (κ3) is 2.98. The van der Waals surface area contributed by atoms with Crippen molar-refractivity contribution in [2.75, 3.05) is 31.9 Å². The predicted octanol–water partition coefficient (Wildman–Crippen LogP) is 1.85. The van der Waals surface area contributed by atoms with Gasteiger partial charge in [-0.2, -0.15) is 4.31 Å². The molecule has 1 fully saturated rings. The first-order chi connectivity index (χ1) is 10.9. The standard InChI is InChI=1S/C16H20N2O4S/c1-3-23(20,21)18-9-7-17(8-10-18)16(19)14-11-13-6-4-5-12(2)15(13)22-14/h4-6,11H,3,7-10H2,1-2H3. The van der Waals surface area contributed by atoms with Crippen LogP contribution < -0.4 is 0 Å². The zero-order valence-electron chi connectivity index (χ0n) is 13.3. The van der Waals surface area contributed by atoms with Crippen LogP contribution >= 0.6 is 0 Å². The van der Waals surface area contributed by atoms with Gasteiger partial charge in [-0.05, 0) is 25.5 Å². The highest BCUT2D eigenvalue weighted by molar-refractivity contribution is 7.89. The zero-order valence-corrected chi connectivity index (χ0v) is 14.1. The van der Waals surface area contributed by atoms with Gasteiger partial charge in [-0.3, -0.25) is 4.79 Å². The van der Waals surface area contributed by atoms with Gasteiger partial charge in [0.1, 0.15) is 5.58 Å². The van der Waals surface area contributed by atoms with E-state index >= 15 is 0 Å². The Balaban J connectivity index is 1.75. The molecule has 1 aliphatic rings. The van der Waals surface area contributed by atoms with E-state index in [1.165, 1.54) is 4.31 Å². The molecule has 0 aliphatic carbocycles. The van der Waals surface area contributed by atoms with Gasteiger partial charge < -0.3 is 9.32 Å². The smallest absolute Gasteiger partial charge is 0.289 e. The molecule has 0 bridgehead atoms. The molecule has 7 heteroatoms. The maximum absolute atomic E-state index is 12.6. The largest absolute Gasteiger partial charge is 0.451 e. The van der Waals surface area contributed by atoms with Crippen LogP contribution in [0.4, 0.5) is 0 Å². The lowest BCUT2D eigenvalue weighted by molar-refractivity contribution is 0.0668. The first-order valence-corrected chi connectivity index (χ1v) is 9.29. The second kappa shape index (κ2) is 5.98. The fourth-order valence-electron chi connectivity index (χ4n) is 2.82.